The summed E-state index contributed by atoms with van der Waals surface area (Å²) < 4.78 is 12.2. The van der Waals surface area contributed by atoms with Gasteiger partial charge in [0, 0.05) is 11.9 Å². The molecule has 0 saturated heterocycles. The van der Waals surface area contributed by atoms with Crippen molar-refractivity contribution < 1.29 is 19.1 Å². The molecule has 0 spiro atoms. The van der Waals surface area contributed by atoms with Crippen LogP contribution in [0.1, 0.15) is 28.7 Å². The van der Waals surface area contributed by atoms with Crippen LogP contribution in [0.25, 0.3) is 5.82 Å². The zero-order valence-corrected chi connectivity index (χ0v) is 16.5. The van der Waals surface area contributed by atoms with Gasteiger partial charge in [0.2, 0.25) is 0 Å². The number of anilines is 1. The third-order valence-corrected chi connectivity index (χ3v) is 4.01. The van der Waals surface area contributed by atoms with Crippen LogP contribution in [0.5, 0.6) is 5.75 Å². The van der Waals surface area contributed by atoms with Gasteiger partial charge >= 0.3 is 5.97 Å². The molecular weight excluding hydrogens is 372 g/mol. The minimum Gasteiger partial charge on any atom is -0.492 e. The second-order valence-electron chi connectivity index (χ2n) is 6.30. The number of pyridine rings is 1. The maximum atomic E-state index is 12.2. The molecule has 3 aromatic rings. The smallest absolute Gasteiger partial charge is 0.340 e. The molecule has 8 nitrogen and oxygen atoms in total. The van der Waals surface area contributed by atoms with E-state index in [1.807, 2.05) is 32.9 Å². The largest absolute Gasteiger partial charge is 0.492 e. The number of ether oxygens (including phenoxy) is 2. The number of para-hydroxylation sites is 2. The van der Waals surface area contributed by atoms with Gasteiger partial charge in [-0.1, -0.05) is 12.1 Å². The van der Waals surface area contributed by atoms with E-state index in [1.54, 1.807) is 35.0 Å². The fraction of sp³-hybridized carbons (Fsp3) is 0.238. The molecular formula is C21H22N4O4. The Kier molecular flexibility index (Phi) is 6.23. The molecule has 2 aromatic heterocycles. The van der Waals surface area contributed by atoms with Crippen LogP contribution in [-0.4, -0.2) is 39.9 Å². The summed E-state index contributed by atoms with van der Waals surface area (Å²) in [6.45, 7) is 5.73. The number of carbonyl (C=O) groups is 2. The van der Waals surface area contributed by atoms with Crippen LogP contribution >= 0.6 is 0 Å². The number of rotatable bonds is 7. The molecule has 0 radical (unpaired) electrons. The highest BCUT2D eigenvalue weighted by molar-refractivity contribution is 5.96. The number of hydrogen-bond acceptors (Lipinski definition) is 6. The fourth-order valence-corrected chi connectivity index (χ4v) is 2.74. The molecule has 0 atom stereocenters. The molecule has 150 valence electrons. The normalized spacial score (nSPS) is 10.4. The summed E-state index contributed by atoms with van der Waals surface area (Å²) in [6, 6.07) is 12.3. The van der Waals surface area contributed by atoms with Gasteiger partial charge in [-0.05, 0) is 51.1 Å². The van der Waals surface area contributed by atoms with Gasteiger partial charge in [-0.15, -0.1) is 0 Å². The van der Waals surface area contributed by atoms with E-state index >= 15 is 0 Å². The number of carbonyl (C=O) groups excluding carboxylic acids is 2. The monoisotopic (exact) mass is 394 g/mol. The van der Waals surface area contributed by atoms with Crippen molar-refractivity contribution in [2.45, 2.75) is 20.8 Å². The van der Waals surface area contributed by atoms with Crippen LogP contribution < -0.4 is 10.1 Å². The van der Waals surface area contributed by atoms with Crippen LogP contribution in [0.2, 0.25) is 0 Å². The Morgan fingerprint density at radius 3 is 2.59 bits per heavy atom. The Labute approximate surface area is 168 Å². The third-order valence-electron chi connectivity index (χ3n) is 4.01. The van der Waals surface area contributed by atoms with Gasteiger partial charge in [0.1, 0.15) is 5.75 Å². The highest BCUT2D eigenvalue weighted by atomic mass is 16.5. The summed E-state index contributed by atoms with van der Waals surface area (Å²) in [5, 5.41) is 7.02. The van der Waals surface area contributed by atoms with Crippen molar-refractivity contribution in [2.75, 3.05) is 18.5 Å². The number of hydrogen-bond donors (Lipinski definition) is 1. The molecule has 0 aliphatic rings. The second-order valence-corrected chi connectivity index (χ2v) is 6.30. The Morgan fingerprint density at radius 1 is 1.14 bits per heavy atom. The van der Waals surface area contributed by atoms with E-state index in [2.05, 4.69) is 15.4 Å². The first-order valence-corrected chi connectivity index (χ1v) is 9.16. The van der Waals surface area contributed by atoms with Crippen molar-refractivity contribution in [3.63, 3.8) is 0 Å². The maximum Gasteiger partial charge on any atom is 0.340 e. The number of amides is 1. The highest BCUT2D eigenvalue weighted by Crippen LogP contribution is 2.23. The fourth-order valence-electron chi connectivity index (χ4n) is 2.74. The topological polar surface area (TPSA) is 95.3 Å². The van der Waals surface area contributed by atoms with E-state index in [0.29, 0.717) is 23.9 Å². The van der Waals surface area contributed by atoms with E-state index < -0.39 is 18.5 Å². The minimum absolute atomic E-state index is 0.248. The molecule has 1 aromatic carbocycles. The van der Waals surface area contributed by atoms with E-state index in [9.17, 15) is 9.59 Å². The van der Waals surface area contributed by atoms with Crippen molar-refractivity contribution >= 4 is 17.6 Å². The Morgan fingerprint density at radius 2 is 1.93 bits per heavy atom. The summed E-state index contributed by atoms with van der Waals surface area (Å²) in [7, 11) is 0. The first-order chi connectivity index (χ1) is 14.0. The van der Waals surface area contributed by atoms with Crippen LogP contribution in [-0.2, 0) is 9.53 Å². The maximum absolute atomic E-state index is 12.2. The van der Waals surface area contributed by atoms with Crippen molar-refractivity contribution in [3.8, 4) is 11.6 Å². The second kappa shape index (κ2) is 9.01. The van der Waals surface area contributed by atoms with Gasteiger partial charge in [-0.25, -0.2) is 14.5 Å². The van der Waals surface area contributed by atoms with E-state index in [1.165, 1.54) is 6.20 Å². The zero-order valence-electron chi connectivity index (χ0n) is 16.5. The molecule has 0 fully saturated rings. The molecule has 29 heavy (non-hydrogen) atoms. The van der Waals surface area contributed by atoms with Gasteiger partial charge in [0.05, 0.1) is 23.6 Å². The van der Waals surface area contributed by atoms with E-state index in [0.717, 1.165) is 11.4 Å². The standard InChI is InChI=1S/C21H22N4O4/c1-4-28-18-8-6-5-7-17(18)23-20(26)13-29-21(27)16-9-10-19(22-12-16)25-15(3)11-14(2)24-25/h5-12H,4,13H2,1-3H3,(H,23,26). The quantitative estimate of drug-likeness (QED) is 0.619. The Hall–Kier alpha value is -3.68. The van der Waals surface area contributed by atoms with Gasteiger partial charge in [-0.3, -0.25) is 4.79 Å². The molecule has 8 heteroatoms. The third kappa shape index (κ3) is 4.98. The predicted molar refractivity (Wildman–Crippen MR) is 107 cm³/mol. The molecule has 0 saturated carbocycles. The van der Waals surface area contributed by atoms with Crippen molar-refractivity contribution in [3.05, 3.63) is 65.6 Å². The summed E-state index contributed by atoms with van der Waals surface area (Å²) in [5.74, 6) is 0.0550. The van der Waals surface area contributed by atoms with Crippen LogP contribution in [0, 0.1) is 13.8 Å². The number of aromatic nitrogens is 3. The predicted octanol–water partition coefficient (Wildman–Crippen LogP) is 3.08. The van der Waals surface area contributed by atoms with E-state index in [4.69, 9.17) is 9.47 Å². The number of nitrogens with zero attached hydrogens (tertiary/aromatic N) is 3. The number of benzene rings is 1. The summed E-state index contributed by atoms with van der Waals surface area (Å²) >= 11 is 0. The first-order valence-electron chi connectivity index (χ1n) is 9.16. The molecule has 1 amide bonds. The van der Waals surface area contributed by atoms with Crippen molar-refractivity contribution in [1.82, 2.24) is 14.8 Å². The number of nitrogens with one attached hydrogen (secondary N) is 1. The first kappa shape index (κ1) is 20.1. The van der Waals surface area contributed by atoms with Gasteiger partial charge in [0.15, 0.2) is 12.4 Å². The van der Waals surface area contributed by atoms with Crippen LogP contribution in [0.3, 0.4) is 0 Å². The average molecular weight is 394 g/mol. The van der Waals surface area contributed by atoms with Crippen LogP contribution in [0.15, 0.2) is 48.7 Å². The minimum atomic E-state index is -0.634. The van der Waals surface area contributed by atoms with Gasteiger partial charge in [0.25, 0.3) is 5.91 Å². The molecule has 0 bridgehead atoms. The number of aryl methyl sites for hydroxylation is 2. The molecule has 0 aliphatic carbocycles. The lowest BCUT2D eigenvalue weighted by molar-refractivity contribution is -0.119. The zero-order chi connectivity index (χ0) is 20.8. The van der Waals surface area contributed by atoms with Crippen LogP contribution in [0.4, 0.5) is 5.69 Å². The Balaban J connectivity index is 1.58. The molecule has 2 heterocycles. The molecule has 0 aliphatic heterocycles. The lowest BCUT2D eigenvalue weighted by Crippen LogP contribution is -2.21. The molecule has 0 unspecified atom stereocenters. The lowest BCUT2D eigenvalue weighted by atomic mass is 10.3. The Bertz CT molecular complexity index is 1010. The lowest BCUT2D eigenvalue weighted by Gasteiger charge is -2.11. The summed E-state index contributed by atoms with van der Waals surface area (Å²) in [4.78, 5) is 28.6. The average Bonchev–Trinajstić information content (AvgIpc) is 3.06. The SMILES string of the molecule is CCOc1ccccc1NC(=O)COC(=O)c1ccc(-n2nc(C)cc2C)nc1. The van der Waals surface area contributed by atoms with Gasteiger partial charge < -0.3 is 14.8 Å². The van der Waals surface area contributed by atoms with Crippen molar-refractivity contribution in [2.24, 2.45) is 0 Å². The number of esters is 1. The molecule has 3 rings (SSSR count). The summed E-state index contributed by atoms with van der Waals surface area (Å²) in [6.07, 6.45) is 1.40. The highest BCUT2D eigenvalue weighted by Gasteiger charge is 2.13. The molecule has 1 N–H and O–H groups in total. The van der Waals surface area contributed by atoms with Gasteiger partial charge in [-0.2, -0.15) is 5.10 Å². The summed E-state index contributed by atoms with van der Waals surface area (Å²) in [5.41, 5.74) is 2.59. The van der Waals surface area contributed by atoms with Crippen molar-refractivity contribution in [1.29, 1.82) is 0 Å². The van der Waals surface area contributed by atoms with E-state index in [-0.39, 0.29) is 5.56 Å².